The lowest BCUT2D eigenvalue weighted by Gasteiger charge is -2.00. The van der Waals surface area contributed by atoms with E-state index in [0.29, 0.717) is 6.04 Å². The lowest BCUT2D eigenvalue weighted by atomic mass is 10.1. The summed E-state index contributed by atoms with van der Waals surface area (Å²) in [6, 6.07) is 18.6. The van der Waals surface area contributed by atoms with Crippen LogP contribution in [0.4, 0.5) is 0 Å². The van der Waals surface area contributed by atoms with Gasteiger partial charge in [0.25, 0.3) is 0 Å². The summed E-state index contributed by atoms with van der Waals surface area (Å²) in [6.07, 6.45) is 0.946. The van der Waals surface area contributed by atoms with Gasteiger partial charge in [0.2, 0.25) is 0 Å². The van der Waals surface area contributed by atoms with Crippen molar-refractivity contribution in [1.82, 2.24) is 0 Å². The standard InChI is InChI=1S/C13H12/c1-3-7-12(8-4-1)11-13-9-5-2-6-10-13/h1-10H,11H2/i1D. The van der Waals surface area contributed by atoms with E-state index >= 15 is 0 Å². The van der Waals surface area contributed by atoms with E-state index in [4.69, 9.17) is 1.37 Å². The molecule has 0 aromatic heterocycles. The zero-order chi connectivity index (χ0) is 9.80. The van der Waals surface area contributed by atoms with E-state index in [9.17, 15) is 0 Å². The summed E-state index contributed by atoms with van der Waals surface area (Å²) in [5.41, 5.74) is 2.57. The first-order valence-electron chi connectivity index (χ1n) is 4.94. The van der Waals surface area contributed by atoms with Gasteiger partial charge in [-0.05, 0) is 17.5 Å². The van der Waals surface area contributed by atoms with Crippen molar-refractivity contribution in [3.05, 3.63) is 71.8 Å². The predicted molar refractivity (Wildman–Crippen MR) is 55.7 cm³/mol. The molecule has 0 nitrogen and oxygen atoms in total. The third-order valence-electron chi connectivity index (χ3n) is 2.04. The van der Waals surface area contributed by atoms with E-state index in [-0.39, 0.29) is 0 Å². The molecule has 2 aromatic rings. The normalized spacial score (nSPS) is 10.9. The van der Waals surface area contributed by atoms with Crippen molar-refractivity contribution in [2.75, 3.05) is 0 Å². The zero-order valence-electron chi connectivity index (χ0n) is 8.40. The van der Waals surface area contributed by atoms with Crippen molar-refractivity contribution in [2.45, 2.75) is 6.42 Å². The van der Waals surface area contributed by atoms with Gasteiger partial charge in [-0.15, -0.1) is 0 Å². The van der Waals surface area contributed by atoms with Gasteiger partial charge in [-0.1, -0.05) is 60.6 Å². The second-order valence-corrected chi connectivity index (χ2v) is 3.07. The van der Waals surface area contributed by atoms with Gasteiger partial charge < -0.3 is 0 Å². The van der Waals surface area contributed by atoms with Crippen molar-refractivity contribution in [3.8, 4) is 0 Å². The quantitative estimate of drug-likeness (QED) is 0.647. The summed E-state index contributed by atoms with van der Waals surface area (Å²) in [4.78, 5) is 0. The van der Waals surface area contributed by atoms with Crippen molar-refractivity contribution in [1.29, 1.82) is 0 Å². The average molecular weight is 169 g/mol. The van der Waals surface area contributed by atoms with Gasteiger partial charge in [-0.3, -0.25) is 0 Å². The first-order chi connectivity index (χ1) is 6.84. The molecule has 0 N–H and O–H groups in total. The second kappa shape index (κ2) is 3.90. The van der Waals surface area contributed by atoms with E-state index in [1.165, 1.54) is 11.1 Å². The summed E-state index contributed by atoms with van der Waals surface area (Å²) in [6.45, 7) is 0. The molecule has 0 amide bonds. The van der Waals surface area contributed by atoms with Gasteiger partial charge in [0.15, 0.2) is 0 Å². The van der Waals surface area contributed by atoms with Crippen molar-refractivity contribution in [2.24, 2.45) is 0 Å². The number of rotatable bonds is 2. The highest BCUT2D eigenvalue weighted by Crippen LogP contribution is 2.07. The van der Waals surface area contributed by atoms with Gasteiger partial charge in [-0.25, -0.2) is 0 Å². The molecular weight excluding hydrogens is 156 g/mol. The van der Waals surface area contributed by atoms with Crippen LogP contribution in [-0.2, 0) is 6.42 Å². The molecule has 0 saturated carbocycles. The molecule has 13 heavy (non-hydrogen) atoms. The Hall–Kier alpha value is -1.56. The second-order valence-electron chi connectivity index (χ2n) is 3.07. The maximum absolute atomic E-state index is 7.37. The van der Waals surface area contributed by atoms with Gasteiger partial charge in [0, 0.05) is 0 Å². The summed E-state index contributed by atoms with van der Waals surface area (Å²) in [5.74, 6) is 0. The van der Waals surface area contributed by atoms with Crippen molar-refractivity contribution < 1.29 is 1.37 Å². The Bertz CT molecular complexity index is 389. The van der Waals surface area contributed by atoms with Crippen LogP contribution in [0.2, 0.25) is 0 Å². The van der Waals surface area contributed by atoms with Crippen molar-refractivity contribution >= 4 is 0 Å². The van der Waals surface area contributed by atoms with Crippen LogP contribution in [0.3, 0.4) is 0 Å². The Labute approximate surface area is 80.3 Å². The van der Waals surface area contributed by atoms with Crippen LogP contribution in [-0.4, -0.2) is 0 Å². The van der Waals surface area contributed by atoms with Crippen LogP contribution in [0.1, 0.15) is 12.5 Å². The Morgan fingerprint density at radius 2 is 1.31 bits per heavy atom. The summed E-state index contributed by atoms with van der Waals surface area (Å²) < 4.78 is 7.37. The molecule has 0 fully saturated rings. The maximum Gasteiger partial charge on any atom is 0.0623 e. The summed E-state index contributed by atoms with van der Waals surface area (Å²) >= 11 is 0. The van der Waals surface area contributed by atoms with Crippen LogP contribution >= 0.6 is 0 Å². The van der Waals surface area contributed by atoms with E-state index < -0.39 is 0 Å². The van der Waals surface area contributed by atoms with Gasteiger partial charge in [-0.2, -0.15) is 0 Å². The summed E-state index contributed by atoms with van der Waals surface area (Å²) in [5, 5.41) is 0. The highest BCUT2D eigenvalue weighted by Gasteiger charge is 1.92. The lowest BCUT2D eigenvalue weighted by molar-refractivity contribution is 1.19. The molecule has 0 unspecified atom stereocenters. The molecule has 0 aliphatic rings. The van der Waals surface area contributed by atoms with Gasteiger partial charge in [0.05, 0.1) is 1.37 Å². The Morgan fingerprint density at radius 1 is 0.769 bits per heavy atom. The van der Waals surface area contributed by atoms with Crippen LogP contribution in [0, 0.1) is 0 Å². The molecule has 0 saturated heterocycles. The predicted octanol–water partition coefficient (Wildman–Crippen LogP) is 3.28. The molecule has 0 aliphatic carbocycles. The molecule has 0 aliphatic heterocycles. The molecule has 2 rings (SSSR count). The molecule has 0 bridgehead atoms. The monoisotopic (exact) mass is 169 g/mol. The van der Waals surface area contributed by atoms with E-state index in [1.54, 1.807) is 0 Å². The third kappa shape index (κ3) is 2.19. The minimum absolute atomic E-state index is 0.571. The first-order valence-corrected chi connectivity index (χ1v) is 4.44. The highest BCUT2D eigenvalue weighted by atomic mass is 14.0. The smallest absolute Gasteiger partial charge is 0.0622 e. The number of hydrogen-bond donors (Lipinski definition) is 0. The first kappa shape index (κ1) is 6.90. The molecular formula is C13H12. The lowest BCUT2D eigenvalue weighted by Crippen LogP contribution is -1.85. The van der Waals surface area contributed by atoms with Crippen LogP contribution in [0.5, 0.6) is 0 Å². The molecule has 64 valence electrons. The Kier molecular flexibility index (Phi) is 2.07. The van der Waals surface area contributed by atoms with E-state index in [2.05, 4.69) is 12.1 Å². The maximum atomic E-state index is 7.37. The van der Waals surface area contributed by atoms with Gasteiger partial charge in [0.1, 0.15) is 0 Å². The van der Waals surface area contributed by atoms with Crippen LogP contribution in [0.15, 0.2) is 60.6 Å². The minimum atomic E-state index is 0.571. The number of hydrogen-bond acceptors (Lipinski definition) is 0. The Balaban J connectivity index is 2.16. The fourth-order valence-corrected chi connectivity index (χ4v) is 1.37. The van der Waals surface area contributed by atoms with Crippen molar-refractivity contribution in [3.63, 3.8) is 0 Å². The molecule has 0 radical (unpaired) electrons. The Morgan fingerprint density at radius 3 is 1.92 bits per heavy atom. The molecule has 0 atom stereocenters. The van der Waals surface area contributed by atoms with E-state index in [0.717, 1.165) is 6.42 Å². The fourth-order valence-electron chi connectivity index (χ4n) is 1.37. The minimum Gasteiger partial charge on any atom is -0.0622 e. The SMILES string of the molecule is [2H]c1ccc(Cc2ccccc2)cc1. The molecule has 0 spiro atoms. The average Bonchev–Trinajstić information content (AvgIpc) is 2.23. The highest BCUT2D eigenvalue weighted by molar-refractivity contribution is 5.25. The van der Waals surface area contributed by atoms with Crippen LogP contribution in [0.25, 0.3) is 0 Å². The largest absolute Gasteiger partial charge is 0.0623 e. The third-order valence-corrected chi connectivity index (χ3v) is 2.04. The topological polar surface area (TPSA) is 0 Å². The summed E-state index contributed by atoms with van der Waals surface area (Å²) in [7, 11) is 0. The van der Waals surface area contributed by atoms with Crippen LogP contribution < -0.4 is 0 Å². The molecule has 2 aromatic carbocycles. The molecule has 0 heterocycles. The number of benzene rings is 2. The zero-order valence-corrected chi connectivity index (χ0v) is 7.40. The fraction of sp³-hybridized carbons (Fsp3) is 0.0769. The van der Waals surface area contributed by atoms with Gasteiger partial charge >= 0.3 is 0 Å². The molecule has 0 heteroatoms. The van der Waals surface area contributed by atoms with E-state index in [1.807, 2.05) is 42.5 Å².